The SMILES string of the molecule is Cc1ccc(NS(=O)(=O)c2ccc(OCC(=O)Nc3ccc(C4(C#N)CC4)cc3)c(C)c2)cc1C. The fourth-order valence-corrected chi connectivity index (χ4v) is 4.91. The molecule has 4 rings (SSSR count). The summed E-state index contributed by atoms with van der Waals surface area (Å²) in [5.41, 5.74) is 4.38. The second-order valence-electron chi connectivity index (χ2n) is 8.94. The summed E-state index contributed by atoms with van der Waals surface area (Å²) in [6, 6.07) is 19.5. The number of sulfonamides is 1. The van der Waals surface area contributed by atoms with Crippen molar-refractivity contribution < 1.29 is 17.9 Å². The van der Waals surface area contributed by atoms with E-state index in [0.29, 0.717) is 22.7 Å². The first-order valence-electron chi connectivity index (χ1n) is 11.3. The quantitative estimate of drug-likeness (QED) is 0.464. The number of amides is 1. The van der Waals surface area contributed by atoms with Gasteiger partial charge in [-0.15, -0.1) is 0 Å². The molecule has 1 aliphatic rings. The lowest BCUT2D eigenvalue weighted by Crippen LogP contribution is -2.20. The summed E-state index contributed by atoms with van der Waals surface area (Å²) in [5, 5.41) is 12.1. The van der Waals surface area contributed by atoms with Crippen molar-refractivity contribution in [1.29, 1.82) is 5.26 Å². The van der Waals surface area contributed by atoms with Crippen molar-refractivity contribution in [3.05, 3.63) is 82.9 Å². The molecule has 0 spiro atoms. The van der Waals surface area contributed by atoms with Crippen molar-refractivity contribution in [1.82, 2.24) is 0 Å². The number of nitrogens with zero attached hydrogens (tertiary/aromatic N) is 1. The summed E-state index contributed by atoms with van der Waals surface area (Å²) in [6.45, 7) is 5.39. The third kappa shape index (κ3) is 5.47. The van der Waals surface area contributed by atoms with E-state index < -0.39 is 10.0 Å². The second kappa shape index (κ2) is 9.43. The number of aryl methyl sites for hydroxylation is 3. The Hall–Kier alpha value is -3.83. The number of nitrogens with one attached hydrogen (secondary N) is 2. The molecule has 0 aromatic heterocycles. The number of benzene rings is 3. The molecular weight excluding hydrogens is 462 g/mol. The Morgan fingerprint density at radius 2 is 1.63 bits per heavy atom. The van der Waals surface area contributed by atoms with Gasteiger partial charge in [-0.05, 0) is 98.3 Å². The van der Waals surface area contributed by atoms with Gasteiger partial charge < -0.3 is 10.1 Å². The number of carbonyl (C=O) groups excluding carboxylic acids is 1. The first-order valence-corrected chi connectivity index (χ1v) is 12.8. The zero-order valence-corrected chi connectivity index (χ0v) is 20.7. The molecule has 3 aromatic rings. The molecule has 1 aliphatic carbocycles. The van der Waals surface area contributed by atoms with Gasteiger partial charge in [-0.1, -0.05) is 18.2 Å². The van der Waals surface area contributed by atoms with Crippen LogP contribution in [0, 0.1) is 32.1 Å². The first-order chi connectivity index (χ1) is 16.6. The topological polar surface area (TPSA) is 108 Å². The van der Waals surface area contributed by atoms with Crippen molar-refractivity contribution in [2.75, 3.05) is 16.6 Å². The van der Waals surface area contributed by atoms with E-state index in [1.54, 1.807) is 37.3 Å². The van der Waals surface area contributed by atoms with Crippen molar-refractivity contribution in [2.45, 2.75) is 43.9 Å². The van der Waals surface area contributed by atoms with E-state index in [9.17, 15) is 18.5 Å². The van der Waals surface area contributed by atoms with Crippen LogP contribution in [0.5, 0.6) is 5.75 Å². The van der Waals surface area contributed by atoms with Crippen LogP contribution < -0.4 is 14.8 Å². The van der Waals surface area contributed by atoms with Crippen LogP contribution in [-0.4, -0.2) is 20.9 Å². The number of carbonyl (C=O) groups is 1. The monoisotopic (exact) mass is 489 g/mol. The first kappa shape index (κ1) is 24.3. The highest BCUT2D eigenvalue weighted by Crippen LogP contribution is 2.47. The highest BCUT2D eigenvalue weighted by atomic mass is 32.2. The zero-order chi connectivity index (χ0) is 25.2. The predicted octanol–water partition coefficient (Wildman–Crippen LogP) is 4.99. The Morgan fingerprint density at radius 1 is 0.943 bits per heavy atom. The summed E-state index contributed by atoms with van der Waals surface area (Å²) in [4.78, 5) is 12.4. The van der Waals surface area contributed by atoms with Crippen LogP contribution in [0.25, 0.3) is 0 Å². The molecular formula is C27H27N3O4S. The summed E-state index contributed by atoms with van der Waals surface area (Å²) in [7, 11) is -3.77. The molecule has 0 radical (unpaired) electrons. The van der Waals surface area contributed by atoms with Crippen LogP contribution in [0.4, 0.5) is 11.4 Å². The van der Waals surface area contributed by atoms with E-state index in [1.807, 2.05) is 32.0 Å². The van der Waals surface area contributed by atoms with Gasteiger partial charge in [-0.25, -0.2) is 8.42 Å². The summed E-state index contributed by atoms with van der Waals surface area (Å²) in [5.74, 6) is 0.0806. The van der Waals surface area contributed by atoms with Gasteiger partial charge >= 0.3 is 0 Å². The zero-order valence-electron chi connectivity index (χ0n) is 19.9. The number of nitriles is 1. The number of anilines is 2. The van der Waals surface area contributed by atoms with E-state index in [-0.39, 0.29) is 22.8 Å². The van der Waals surface area contributed by atoms with Gasteiger partial charge in [0.05, 0.1) is 16.4 Å². The molecule has 0 heterocycles. The largest absolute Gasteiger partial charge is 0.483 e. The van der Waals surface area contributed by atoms with Gasteiger partial charge in [0.25, 0.3) is 15.9 Å². The molecule has 0 saturated heterocycles. The summed E-state index contributed by atoms with van der Waals surface area (Å²) in [6.07, 6.45) is 1.73. The maximum absolute atomic E-state index is 12.8. The van der Waals surface area contributed by atoms with Crippen LogP contribution in [0.2, 0.25) is 0 Å². The fraction of sp³-hybridized carbons (Fsp3) is 0.259. The molecule has 35 heavy (non-hydrogen) atoms. The molecule has 0 atom stereocenters. The lowest BCUT2D eigenvalue weighted by Gasteiger charge is -2.13. The molecule has 0 bridgehead atoms. The highest BCUT2D eigenvalue weighted by molar-refractivity contribution is 7.92. The van der Waals surface area contributed by atoms with Crippen molar-refractivity contribution >= 4 is 27.3 Å². The maximum Gasteiger partial charge on any atom is 0.262 e. The smallest absolute Gasteiger partial charge is 0.262 e. The average molecular weight is 490 g/mol. The normalized spacial score (nSPS) is 14.0. The summed E-state index contributed by atoms with van der Waals surface area (Å²) >= 11 is 0. The van der Waals surface area contributed by atoms with E-state index in [0.717, 1.165) is 29.5 Å². The van der Waals surface area contributed by atoms with Gasteiger partial charge in [-0.2, -0.15) is 5.26 Å². The number of hydrogen-bond donors (Lipinski definition) is 2. The molecule has 1 fully saturated rings. The molecule has 1 amide bonds. The Balaban J connectivity index is 1.36. The lowest BCUT2D eigenvalue weighted by molar-refractivity contribution is -0.118. The molecule has 1 saturated carbocycles. The number of ether oxygens (including phenoxy) is 1. The van der Waals surface area contributed by atoms with Crippen LogP contribution in [0.15, 0.2) is 65.6 Å². The van der Waals surface area contributed by atoms with Crippen LogP contribution >= 0.6 is 0 Å². The molecule has 2 N–H and O–H groups in total. The van der Waals surface area contributed by atoms with Gasteiger partial charge in [0, 0.05) is 11.4 Å². The standard InChI is InChI=1S/C27H27N3O4S/c1-18-4-7-23(14-19(18)2)30-35(32,33)24-10-11-25(20(3)15-24)34-16-26(31)29-22-8-5-21(6-9-22)27(17-28)12-13-27/h4-11,14-15,30H,12-13,16H2,1-3H3,(H,29,31). The maximum atomic E-state index is 12.8. The van der Waals surface area contributed by atoms with Gasteiger partial charge in [0.1, 0.15) is 5.75 Å². The second-order valence-corrected chi connectivity index (χ2v) is 10.6. The third-order valence-corrected chi connectivity index (χ3v) is 7.64. The van der Waals surface area contributed by atoms with Crippen molar-refractivity contribution in [3.8, 4) is 11.8 Å². The Bertz CT molecular complexity index is 1420. The van der Waals surface area contributed by atoms with Crippen LogP contribution in [0.1, 0.15) is 35.1 Å². The molecule has 7 nitrogen and oxygen atoms in total. The lowest BCUT2D eigenvalue weighted by atomic mass is 9.98. The van der Waals surface area contributed by atoms with Gasteiger partial charge in [0.2, 0.25) is 0 Å². The minimum atomic E-state index is -3.77. The van der Waals surface area contributed by atoms with E-state index in [2.05, 4.69) is 16.1 Å². The molecule has 3 aromatic carbocycles. The molecule has 0 unspecified atom stereocenters. The Morgan fingerprint density at radius 3 is 2.23 bits per heavy atom. The van der Waals surface area contributed by atoms with Gasteiger partial charge in [-0.3, -0.25) is 9.52 Å². The van der Waals surface area contributed by atoms with Crippen molar-refractivity contribution in [2.24, 2.45) is 0 Å². The van der Waals surface area contributed by atoms with Crippen LogP contribution in [0.3, 0.4) is 0 Å². The molecule has 180 valence electrons. The highest BCUT2D eigenvalue weighted by Gasteiger charge is 2.44. The molecule has 0 aliphatic heterocycles. The fourth-order valence-electron chi connectivity index (χ4n) is 3.77. The Labute approximate surface area is 205 Å². The third-order valence-electron chi connectivity index (χ3n) is 6.26. The minimum Gasteiger partial charge on any atom is -0.483 e. The average Bonchev–Trinajstić information content (AvgIpc) is 3.62. The molecule has 8 heteroatoms. The van der Waals surface area contributed by atoms with E-state index >= 15 is 0 Å². The minimum absolute atomic E-state index is 0.107. The van der Waals surface area contributed by atoms with Crippen LogP contribution in [-0.2, 0) is 20.2 Å². The van der Waals surface area contributed by atoms with Gasteiger partial charge in [0.15, 0.2) is 6.61 Å². The number of rotatable bonds is 8. The van der Waals surface area contributed by atoms with E-state index in [1.165, 1.54) is 12.1 Å². The Kier molecular flexibility index (Phi) is 6.55. The predicted molar refractivity (Wildman–Crippen MR) is 135 cm³/mol. The van der Waals surface area contributed by atoms with E-state index in [4.69, 9.17) is 4.74 Å². The van der Waals surface area contributed by atoms with Crippen molar-refractivity contribution in [3.63, 3.8) is 0 Å². The number of hydrogen-bond acceptors (Lipinski definition) is 5. The summed E-state index contributed by atoms with van der Waals surface area (Å²) < 4.78 is 33.8.